The molecule has 0 radical (unpaired) electrons. The lowest BCUT2D eigenvalue weighted by atomic mass is 9.90. The molecule has 0 aromatic heterocycles. The van der Waals surface area contributed by atoms with E-state index in [4.69, 9.17) is 18.9 Å². The van der Waals surface area contributed by atoms with Crippen LogP contribution in [0.5, 0.6) is 17.2 Å². The summed E-state index contributed by atoms with van der Waals surface area (Å²) in [4.78, 5) is 11.8. The molecule has 0 spiro atoms. The Hall–Kier alpha value is -1.47. The molecule has 0 saturated heterocycles. The van der Waals surface area contributed by atoms with Gasteiger partial charge in [0.25, 0.3) is 0 Å². The van der Waals surface area contributed by atoms with Gasteiger partial charge in [-0.05, 0) is 46.3 Å². The van der Waals surface area contributed by atoms with E-state index in [9.17, 15) is 4.79 Å². The lowest BCUT2D eigenvalue weighted by Crippen LogP contribution is -2.34. The zero-order valence-corrected chi connectivity index (χ0v) is 20.0. The SMILES string of the molecule is COC(=O)CCc1c2c(c(OC)c3c1OC(C)(C)C(Br)=C3)C=C(Br)C(C)(C)O2. The second-order valence-corrected chi connectivity index (χ2v) is 9.49. The summed E-state index contributed by atoms with van der Waals surface area (Å²) in [6, 6.07) is 0. The van der Waals surface area contributed by atoms with Gasteiger partial charge in [0, 0.05) is 20.9 Å². The predicted octanol–water partition coefficient (Wildman–Crippen LogP) is 5.61. The first-order chi connectivity index (χ1) is 13.0. The molecule has 1 aromatic rings. The van der Waals surface area contributed by atoms with Crippen LogP contribution in [0.2, 0.25) is 0 Å². The topological polar surface area (TPSA) is 54.0 Å². The molecule has 7 heteroatoms. The van der Waals surface area contributed by atoms with Gasteiger partial charge in [-0.1, -0.05) is 31.9 Å². The van der Waals surface area contributed by atoms with Gasteiger partial charge in [0.1, 0.15) is 28.5 Å². The lowest BCUT2D eigenvalue weighted by molar-refractivity contribution is -0.140. The van der Waals surface area contributed by atoms with E-state index < -0.39 is 11.2 Å². The van der Waals surface area contributed by atoms with Gasteiger partial charge in [-0.3, -0.25) is 4.79 Å². The zero-order chi connectivity index (χ0) is 20.9. The highest BCUT2D eigenvalue weighted by molar-refractivity contribution is 9.12. The number of halogens is 2. The Bertz CT molecular complexity index is 838. The average Bonchev–Trinajstić information content (AvgIpc) is 2.61. The van der Waals surface area contributed by atoms with Gasteiger partial charge in [-0.2, -0.15) is 0 Å². The lowest BCUT2D eigenvalue weighted by Gasteiger charge is -2.38. The molecule has 5 nitrogen and oxygen atoms in total. The first-order valence-electron chi connectivity index (χ1n) is 8.99. The van der Waals surface area contributed by atoms with E-state index in [0.29, 0.717) is 23.7 Å². The van der Waals surface area contributed by atoms with Crippen molar-refractivity contribution in [2.24, 2.45) is 0 Å². The van der Waals surface area contributed by atoms with Crippen LogP contribution in [0.1, 0.15) is 50.8 Å². The minimum absolute atomic E-state index is 0.227. The van der Waals surface area contributed by atoms with Crippen molar-refractivity contribution in [1.82, 2.24) is 0 Å². The van der Waals surface area contributed by atoms with Crippen LogP contribution in [0.4, 0.5) is 0 Å². The fourth-order valence-electron chi connectivity index (χ4n) is 3.26. The summed E-state index contributed by atoms with van der Waals surface area (Å²) in [7, 11) is 3.02. The highest BCUT2D eigenvalue weighted by atomic mass is 79.9. The van der Waals surface area contributed by atoms with Crippen LogP contribution >= 0.6 is 31.9 Å². The van der Waals surface area contributed by atoms with Crippen molar-refractivity contribution in [3.05, 3.63) is 25.7 Å². The third kappa shape index (κ3) is 3.59. The van der Waals surface area contributed by atoms with E-state index in [1.165, 1.54) is 7.11 Å². The molecule has 0 fully saturated rings. The van der Waals surface area contributed by atoms with E-state index in [1.54, 1.807) is 7.11 Å². The van der Waals surface area contributed by atoms with Crippen LogP contribution in [-0.4, -0.2) is 31.4 Å². The molecule has 0 unspecified atom stereocenters. The Morgan fingerprint density at radius 3 is 1.82 bits per heavy atom. The van der Waals surface area contributed by atoms with Gasteiger partial charge >= 0.3 is 5.97 Å². The smallest absolute Gasteiger partial charge is 0.305 e. The molecule has 152 valence electrons. The molecular formula is C21H24Br2O5. The monoisotopic (exact) mass is 514 g/mol. The third-order valence-corrected chi connectivity index (χ3v) is 7.31. The molecule has 28 heavy (non-hydrogen) atoms. The number of carbonyl (C=O) groups excluding carboxylic acids is 1. The van der Waals surface area contributed by atoms with E-state index in [0.717, 1.165) is 25.7 Å². The van der Waals surface area contributed by atoms with Crippen molar-refractivity contribution in [1.29, 1.82) is 0 Å². The molecule has 2 aliphatic rings. The molecule has 0 aliphatic carbocycles. The molecule has 3 rings (SSSR count). The number of methoxy groups -OCH3 is 2. The summed E-state index contributed by atoms with van der Waals surface area (Å²) < 4.78 is 25.2. The van der Waals surface area contributed by atoms with Crippen molar-refractivity contribution in [2.75, 3.05) is 14.2 Å². The number of ether oxygens (including phenoxy) is 4. The van der Waals surface area contributed by atoms with E-state index in [2.05, 4.69) is 31.9 Å². The molecule has 0 saturated carbocycles. The Kier molecular flexibility index (Phi) is 5.62. The molecule has 2 aliphatic heterocycles. The van der Waals surface area contributed by atoms with E-state index >= 15 is 0 Å². The normalized spacial score (nSPS) is 18.6. The van der Waals surface area contributed by atoms with Crippen molar-refractivity contribution in [3.63, 3.8) is 0 Å². The minimum Gasteiger partial charge on any atom is -0.495 e. The first kappa shape index (κ1) is 21.2. The van der Waals surface area contributed by atoms with Crippen LogP contribution in [0.25, 0.3) is 12.2 Å². The molecular weight excluding hydrogens is 492 g/mol. The maximum Gasteiger partial charge on any atom is 0.305 e. The van der Waals surface area contributed by atoms with Gasteiger partial charge in [0.2, 0.25) is 0 Å². The molecule has 0 amide bonds. The molecule has 2 heterocycles. The quantitative estimate of drug-likeness (QED) is 0.487. The molecule has 0 N–H and O–H groups in total. The Labute approximate surface area is 182 Å². The van der Waals surface area contributed by atoms with Gasteiger partial charge in [0.15, 0.2) is 0 Å². The number of rotatable bonds is 4. The molecule has 0 bridgehead atoms. The van der Waals surface area contributed by atoms with Gasteiger partial charge in [-0.25, -0.2) is 0 Å². The molecule has 0 atom stereocenters. The van der Waals surface area contributed by atoms with E-state index in [1.807, 2.05) is 39.8 Å². The standard InChI is InChI=1S/C21H24Br2O5/c1-20(2)14(22)9-12-17(26-6)13-10-15(23)21(3,4)28-19(13)11(18(12)27-20)7-8-16(24)25-5/h9-10H,7-8H2,1-6H3. The van der Waals surface area contributed by atoms with Crippen LogP contribution < -0.4 is 14.2 Å². The second-order valence-electron chi connectivity index (χ2n) is 7.78. The fraction of sp³-hybridized carbons (Fsp3) is 0.476. The maximum atomic E-state index is 11.8. The Balaban J connectivity index is 2.30. The number of benzene rings is 1. The first-order valence-corrected chi connectivity index (χ1v) is 10.6. The van der Waals surface area contributed by atoms with Gasteiger partial charge in [-0.15, -0.1) is 0 Å². The summed E-state index contributed by atoms with van der Waals surface area (Å²) in [6.45, 7) is 7.92. The van der Waals surface area contributed by atoms with Gasteiger partial charge in [0.05, 0.1) is 25.3 Å². The largest absolute Gasteiger partial charge is 0.495 e. The summed E-state index contributed by atoms with van der Waals surface area (Å²) in [5.74, 6) is 1.74. The summed E-state index contributed by atoms with van der Waals surface area (Å²) in [6.07, 6.45) is 4.69. The second kappa shape index (κ2) is 7.41. The number of hydrogen-bond acceptors (Lipinski definition) is 5. The minimum atomic E-state index is -0.549. The number of fused-ring (bicyclic) bond motifs is 2. The zero-order valence-electron chi connectivity index (χ0n) is 16.9. The average molecular weight is 516 g/mol. The number of carbonyl (C=O) groups is 1. The summed E-state index contributed by atoms with van der Waals surface area (Å²) in [5.41, 5.74) is 1.39. The molecule has 1 aromatic carbocycles. The maximum absolute atomic E-state index is 11.8. The van der Waals surface area contributed by atoms with E-state index in [-0.39, 0.29) is 12.4 Å². The Morgan fingerprint density at radius 1 is 0.964 bits per heavy atom. The highest BCUT2D eigenvalue weighted by Crippen LogP contribution is 2.54. The van der Waals surface area contributed by atoms with Crippen LogP contribution in [0, 0.1) is 0 Å². The summed E-state index contributed by atoms with van der Waals surface area (Å²) >= 11 is 7.23. The van der Waals surface area contributed by atoms with Crippen molar-refractivity contribution in [2.45, 2.75) is 51.7 Å². The van der Waals surface area contributed by atoms with Crippen LogP contribution in [-0.2, 0) is 16.0 Å². The van der Waals surface area contributed by atoms with Crippen LogP contribution in [0.15, 0.2) is 8.96 Å². The van der Waals surface area contributed by atoms with Crippen molar-refractivity contribution < 1.29 is 23.7 Å². The number of hydrogen-bond donors (Lipinski definition) is 0. The fourth-order valence-corrected chi connectivity index (χ4v) is 3.88. The Morgan fingerprint density at radius 2 is 1.43 bits per heavy atom. The van der Waals surface area contributed by atoms with Crippen LogP contribution in [0.3, 0.4) is 0 Å². The predicted molar refractivity (Wildman–Crippen MR) is 117 cm³/mol. The van der Waals surface area contributed by atoms with Gasteiger partial charge < -0.3 is 18.9 Å². The van der Waals surface area contributed by atoms with Crippen molar-refractivity contribution >= 4 is 50.0 Å². The third-order valence-electron chi connectivity index (χ3n) is 4.94. The van der Waals surface area contributed by atoms with Crippen molar-refractivity contribution in [3.8, 4) is 17.2 Å². The number of esters is 1. The summed E-state index contributed by atoms with van der Waals surface area (Å²) in [5, 5.41) is 0. The highest BCUT2D eigenvalue weighted by Gasteiger charge is 2.39.